The largest absolute Gasteiger partial charge is 0.462 e. The van der Waals surface area contributed by atoms with E-state index in [4.69, 9.17) is 9.47 Å². The zero-order chi connectivity index (χ0) is 18.1. The molecule has 3 heteroatoms. The average molecular weight is 344 g/mol. The first-order chi connectivity index (χ1) is 11.7. The molecule has 2 fully saturated rings. The van der Waals surface area contributed by atoms with Crippen molar-refractivity contribution in [3.8, 4) is 0 Å². The smallest absolute Gasteiger partial charge is 0.302 e. The third-order valence-electron chi connectivity index (χ3n) is 7.39. The Kier molecular flexibility index (Phi) is 3.95. The molecule has 4 aliphatic rings. The molecule has 0 aromatic carbocycles. The highest BCUT2D eigenvalue weighted by atomic mass is 16.6. The molecule has 1 saturated carbocycles. The molecule has 0 aromatic rings. The van der Waals surface area contributed by atoms with Gasteiger partial charge in [0.15, 0.2) is 0 Å². The lowest BCUT2D eigenvalue weighted by molar-refractivity contribution is -0.158. The highest BCUT2D eigenvalue weighted by Gasteiger charge is 2.62. The van der Waals surface area contributed by atoms with Gasteiger partial charge in [-0.05, 0) is 51.4 Å². The molecule has 1 saturated heterocycles. The van der Waals surface area contributed by atoms with Crippen LogP contribution in [0.4, 0.5) is 0 Å². The lowest BCUT2D eigenvalue weighted by Crippen LogP contribution is -2.52. The molecule has 3 aliphatic carbocycles. The van der Waals surface area contributed by atoms with Crippen molar-refractivity contribution in [2.24, 2.45) is 29.6 Å². The zero-order valence-corrected chi connectivity index (χ0v) is 16.3. The normalized spacial score (nSPS) is 45.0. The van der Waals surface area contributed by atoms with E-state index in [-0.39, 0.29) is 29.7 Å². The fraction of sp³-hybridized carbons (Fsp3) is 0.773. The Hall–Kier alpha value is -1.09. The Labute approximate surface area is 151 Å². The van der Waals surface area contributed by atoms with Crippen molar-refractivity contribution in [1.82, 2.24) is 0 Å². The van der Waals surface area contributed by atoms with Crippen LogP contribution in [0.3, 0.4) is 0 Å². The molecule has 1 heterocycles. The lowest BCUT2D eigenvalue weighted by atomic mass is 9.53. The van der Waals surface area contributed by atoms with Crippen LogP contribution in [0.2, 0.25) is 0 Å². The van der Waals surface area contributed by atoms with Crippen LogP contribution in [0.25, 0.3) is 0 Å². The monoisotopic (exact) mass is 344 g/mol. The maximum Gasteiger partial charge on any atom is 0.302 e. The van der Waals surface area contributed by atoms with E-state index in [2.05, 4.69) is 34.3 Å². The second kappa shape index (κ2) is 5.70. The van der Waals surface area contributed by atoms with Gasteiger partial charge in [0.1, 0.15) is 6.10 Å². The summed E-state index contributed by atoms with van der Waals surface area (Å²) in [5.74, 6) is 1.97. The summed E-state index contributed by atoms with van der Waals surface area (Å²) in [6.45, 7) is 15.0. The number of epoxide rings is 1. The molecule has 0 amide bonds. The van der Waals surface area contributed by atoms with Crippen molar-refractivity contribution in [3.63, 3.8) is 0 Å². The van der Waals surface area contributed by atoms with Gasteiger partial charge in [-0.2, -0.15) is 0 Å². The maximum absolute atomic E-state index is 11.9. The Morgan fingerprint density at radius 2 is 1.92 bits per heavy atom. The number of carbonyl (C=O) groups is 1. The van der Waals surface area contributed by atoms with Gasteiger partial charge in [-0.25, -0.2) is 0 Å². The molecule has 7 atom stereocenters. The first kappa shape index (κ1) is 17.3. The second-order valence-corrected chi connectivity index (χ2v) is 9.35. The van der Waals surface area contributed by atoms with Crippen LogP contribution in [-0.2, 0) is 14.3 Å². The van der Waals surface area contributed by atoms with Crippen LogP contribution in [0.1, 0.15) is 60.3 Å². The van der Waals surface area contributed by atoms with Crippen molar-refractivity contribution in [3.05, 3.63) is 23.3 Å². The first-order valence-electron chi connectivity index (χ1n) is 9.98. The van der Waals surface area contributed by atoms with Crippen LogP contribution in [-0.4, -0.2) is 23.8 Å². The predicted molar refractivity (Wildman–Crippen MR) is 97.9 cm³/mol. The number of esters is 1. The average Bonchev–Trinajstić information content (AvgIpc) is 3.15. The van der Waals surface area contributed by atoms with Gasteiger partial charge < -0.3 is 9.47 Å². The molecule has 0 bridgehead atoms. The van der Waals surface area contributed by atoms with Crippen molar-refractivity contribution in [2.75, 3.05) is 0 Å². The number of carbonyl (C=O) groups excluding carboxylic acids is 1. The highest BCUT2D eigenvalue weighted by Crippen LogP contribution is 2.60. The topological polar surface area (TPSA) is 38.8 Å². The summed E-state index contributed by atoms with van der Waals surface area (Å²) >= 11 is 0. The molecule has 0 aromatic heterocycles. The van der Waals surface area contributed by atoms with Crippen molar-refractivity contribution < 1.29 is 14.3 Å². The predicted octanol–water partition coefficient (Wildman–Crippen LogP) is 4.67. The van der Waals surface area contributed by atoms with E-state index < -0.39 is 0 Å². The van der Waals surface area contributed by atoms with Crippen molar-refractivity contribution >= 4 is 5.97 Å². The van der Waals surface area contributed by atoms with Gasteiger partial charge in [0.25, 0.3) is 0 Å². The van der Waals surface area contributed by atoms with Gasteiger partial charge in [0.2, 0.25) is 0 Å². The van der Waals surface area contributed by atoms with Crippen molar-refractivity contribution in [1.29, 1.82) is 0 Å². The minimum atomic E-state index is -0.168. The highest BCUT2D eigenvalue weighted by molar-refractivity contribution is 5.66. The first-order valence-corrected chi connectivity index (χ1v) is 9.98. The Morgan fingerprint density at radius 3 is 2.52 bits per heavy atom. The molecule has 0 unspecified atom stereocenters. The summed E-state index contributed by atoms with van der Waals surface area (Å²) in [7, 11) is 0. The lowest BCUT2D eigenvalue weighted by Gasteiger charge is -2.53. The SMILES string of the molecule is C=C1CCC2=C3[C@H]1[C@@H]([C@H]1OC1(C)C)[C@H](OC(C)=O)[C@@H](C)[C@@H]3CC[C@H]2C. The molecule has 3 nitrogen and oxygen atoms in total. The minimum Gasteiger partial charge on any atom is -0.462 e. The van der Waals surface area contributed by atoms with Crippen molar-refractivity contribution in [2.45, 2.75) is 78.1 Å². The van der Waals surface area contributed by atoms with E-state index in [0.29, 0.717) is 23.7 Å². The molecular formula is C22H32O3. The number of rotatable bonds is 2. The second-order valence-electron chi connectivity index (χ2n) is 9.35. The molecule has 4 rings (SSSR count). The summed E-state index contributed by atoms with van der Waals surface area (Å²) in [5, 5.41) is 0. The Morgan fingerprint density at radius 1 is 1.24 bits per heavy atom. The summed E-state index contributed by atoms with van der Waals surface area (Å²) in [6.07, 6.45) is 4.82. The quantitative estimate of drug-likeness (QED) is 0.415. The fourth-order valence-electron chi connectivity index (χ4n) is 6.13. The summed E-state index contributed by atoms with van der Waals surface area (Å²) < 4.78 is 12.0. The van der Waals surface area contributed by atoms with Crippen LogP contribution in [0.15, 0.2) is 23.3 Å². The summed E-state index contributed by atoms with van der Waals surface area (Å²) in [6, 6.07) is 0. The maximum atomic E-state index is 11.9. The third-order valence-corrected chi connectivity index (χ3v) is 7.39. The van der Waals surface area contributed by atoms with E-state index >= 15 is 0 Å². The number of hydrogen-bond acceptors (Lipinski definition) is 3. The molecule has 25 heavy (non-hydrogen) atoms. The molecule has 1 aliphatic heterocycles. The van der Waals surface area contributed by atoms with Crippen LogP contribution in [0.5, 0.6) is 0 Å². The fourth-order valence-corrected chi connectivity index (χ4v) is 6.13. The van der Waals surface area contributed by atoms with E-state index in [9.17, 15) is 4.79 Å². The van der Waals surface area contributed by atoms with Crippen LogP contribution < -0.4 is 0 Å². The summed E-state index contributed by atoms with van der Waals surface area (Å²) in [5.41, 5.74) is 4.56. The van der Waals surface area contributed by atoms with E-state index in [1.54, 1.807) is 11.1 Å². The molecule has 138 valence electrons. The number of allylic oxidation sites excluding steroid dienone is 3. The number of hydrogen-bond donors (Lipinski definition) is 0. The molecule has 0 radical (unpaired) electrons. The zero-order valence-electron chi connectivity index (χ0n) is 16.3. The molecule has 0 spiro atoms. The summed E-state index contributed by atoms with van der Waals surface area (Å²) in [4.78, 5) is 11.9. The van der Waals surface area contributed by atoms with Gasteiger partial charge in [0.05, 0.1) is 11.7 Å². The Bertz CT molecular complexity index is 644. The standard InChI is InChI=1S/C22H32O3/c1-11-7-10-16-13(3)20(24-14(4)23)19(21-22(5,6)25-21)17-12(2)8-9-15(11)18(16)17/h11,13,16-17,19-21H,2,7-10H2,1,3-6H3/t11-,13+,16+,17+,19-,20-,21-/m1/s1. The molecule has 0 N–H and O–H groups in total. The number of ether oxygens (including phenoxy) is 2. The minimum absolute atomic E-state index is 0.0625. The van der Waals surface area contributed by atoms with Gasteiger partial charge in [-0.15, -0.1) is 0 Å². The van der Waals surface area contributed by atoms with Crippen LogP contribution >= 0.6 is 0 Å². The van der Waals surface area contributed by atoms with Gasteiger partial charge >= 0.3 is 5.97 Å². The van der Waals surface area contributed by atoms with Gasteiger partial charge in [-0.1, -0.05) is 37.1 Å². The van der Waals surface area contributed by atoms with E-state index in [0.717, 1.165) is 6.42 Å². The van der Waals surface area contributed by atoms with Crippen LogP contribution in [0, 0.1) is 29.6 Å². The van der Waals surface area contributed by atoms with E-state index in [1.807, 2.05) is 0 Å². The van der Waals surface area contributed by atoms with Gasteiger partial charge in [-0.3, -0.25) is 4.79 Å². The third kappa shape index (κ3) is 2.61. The van der Waals surface area contributed by atoms with E-state index in [1.165, 1.54) is 31.8 Å². The molecular weight excluding hydrogens is 312 g/mol. The van der Waals surface area contributed by atoms with Gasteiger partial charge in [0, 0.05) is 24.7 Å². The Balaban J connectivity index is 1.82.